The monoisotopic (exact) mass is 175 g/mol. The molecule has 1 heterocycles. The molecule has 4 heteroatoms. The molecule has 0 bridgehead atoms. The van der Waals surface area contributed by atoms with Crippen molar-refractivity contribution in [2.45, 2.75) is 32.2 Å². The van der Waals surface area contributed by atoms with Gasteiger partial charge in [0, 0.05) is 6.42 Å². The lowest BCUT2D eigenvalue weighted by atomic mass is 10.2. The normalized spacial score (nSPS) is 10.9. The molecule has 0 spiro atoms. The maximum Gasteiger partial charge on any atom is 0.241 e. The number of unbranched alkanes of at least 4 members (excludes halogenated alkanes) is 1. The maximum absolute atomic E-state index is 11.7. The summed E-state index contributed by atoms with van der Waals surface area (Å²) in [5, 5.41) is 0. The third-order valence-corrected chi connectivity index (χ3v) is 1.69. The molecule has 1 aromatic rings. The van der Waals surface area contributed by atoms with E-state index in [9.17, 15) is 8.78 Å². The molecule has 12 heavy (non-hydrogen) atoms. The number of H-pyrrole nitrogens is 1. The zero-order valence-corrected chi connectivity index (χ0v) is 6.84. The third-order valence-electron chi connectivity index (χ3n) is 1.69. The first-order valence-corrected chi connectivity index (χ1v) is 4.09. The van der Waals surface area contributed by atoms with E-state index in [2.05, 4.69) is 4.98 Å². The number of imidazole rings is 1. The Labute approximate surface area is 70.2 Å². The summed E-state index contributed by atoms with van der Waals surface area (Å²) >= 11 is 0. The summed E-state index contributed by atoms with van der Waals surface area (Å²) in [6.45, 7) is 0.816. The minimum Gasteiger partial charge on any atom is -0.250 e. The fourth-order valence-corrected chi connectivity index (χ4v) is 1.05. The fourth-order valence-electron chi connectivity index (χ4n) is 1.05. The van der Waals surface area contributed by atoms with Gasteiger partial charge in [-0.1, -0.05) is 0 Å². The molecule has 68 valence electrons. The molecular weight excluding hydrogens is 162 g/mol. The fraction of sp³-hybridized carbons (Fsp3) is 0.625. The van der Waals surface area contributed by atoms with Crippen molar-refractivity contribution in [2.75, 3.05) is 0 Å². The molecular formula is C8H13F2N2+. The van der Waals surface area contributed by atoms with Crippen LogP contribution in [0, 0.1) is 0 Å². The zero-order chi connectivity index (χ0) is 8.81. The summed E-state index contributed by atoms with van der Waals surface area (Å²) < 4.78 is 25.3. The lowest BCUT2D eigenvalue weighted by Crippen LogP contribution is -2.30. The summed E-state index contributed by atoms with van der Waals surface area (Å²) in [5.74, 6) is 0. The minimum absolute atomic E-state index is 0.0188. The lowest BCUT2D eigenvalue weighted by Gasteiger charge is -1.97. The van der Waals surface area contributed by atoms with Gasteiger partial charge in [0.2, 0.25) is 12.8 Å². The van der Waals surface area contributed by atoms with Crippen LogP contribution in [0.3, 0.4) is 0 Å². The van der Waals surface area contributed by atoms with Gasteiger partial charge in [-0.15, -0.1) is 0 Å². The average Bonchev–Trinajstić information content (AvgIpc) is 2.49. The van der Waals surface area contributed by atoms with Crippen molar-refractivity contribution in [3.05, 3.63) is 18.7 Å². The van der Waals surface area contributed by atoms with Gasteiger partial charge in [0.05, 0.1) is 6.54 Å². The number of halogens is 2. The molecule has 0 amide bonds. The number of aromatic amines is 1. The van der Waals surface area contributed by atoms with Crippen LogP contribution in [0.15, 0.2) is 18.7 Å². The van der Waals surface area contributed by atoms with Gasteiger partial charge in [-0.25, -0.2) is 13.3 Å². The summed E-state index contributed by atoms with van der Waals surface area (Å²) in [4.78, 5) is 2.89. The lowest BCUT2D eigenvalue weighted by molar-refractivity contribution is -0.696. The molecule has 0 aliphatic carbocycles. The highest BCUT2D eigenvalue weighted by Crippen LogP contribution is 2.04. The van der Waals surface area contributed by atoms with Gasteiger partial charge in [0.1, 0.15) is 12.4 Å². The molecule has 0 fully saturated rings. The van der Waals surface area contributed by atoms with Crippen molar-refractivity contribution in [3.63, 3.8) is 0 Å². The van der Waals surface area contributed by atoms with E-state index in [1.807, 2.05) is 23.3 Å². The standard InChI is InChI=1S/C8H12F2N2/c9-8(10)3-1-2-5-12-6-4-11-7-12/h4,6-8H,1-3,5H2/p+1. The van der Waals surface area contributed by atoms with Crippen LogP contribution in [0.1, 0.15) is 19.3 Å². The second kappa shape index (κ2) is 4.85. The topological polar surface area (TPSA) is 19.7 Å². The predicted octanol–water partition coefficient (Wildman–Crippen LogP) is 1.74. The molecule has 2 nitrogen and oxygen atoms in total. The molecule has 0 unspecified atom stereocenters. The van der Waals surface area contributed by atoms with Crippen LogP contribution in [-0.2, 0) is 6.54 Å². The molecule has 0 atom stereocenters. The molecule has 1 aromatic heterocycles. The van der Waals surface area contributed by atoms with E-state index < -0.39 is 6.43 Å². The number of hydrogen-bond acceptors (Lipinski definition) is 0. The van der Waals surface area contributed by atoms with Gasteiger partial charge in [0.25, 0.3) is 0 Å². The van der Waals surface area contributed by atoms with Crippen LogP contribution in [-0.4, -0.2) is 11.4 Å². The Morgan fingerprint density at radius 2 is 2.17 bits per heavy atom. The second-order valence-electron chi connectivity index (χ2n) is 2.74. The molecule has 0 aliphatic heterocycles. The van der Waals surface area contributed by atoms with E-state index in [1.54, 1.807) is 0 Å². The zero-order valence-electron chi connectivity index (χ0n) is 6.84. The molecule has 1 rings (SSSR count). The van der Waals surface area contributed by atoms with Crippen LogP contribution in [0.2, 0.25) is 0 Å². The van der Waals surface area contributed by atoms with Crippen molar-refractivity contribution in [1.29, 1.82) is 0 Å². The summed E-state index contributed by atoms with van der Waals surface area (Å²) in [5.41, 5.74) is 0. The number of alkyl halides is 2. The van der Waals surface area contributed by atoms with Gasteiger partial charge >= 0.3 is 0 Å². The Morgan fingerprint density at radius 3 is 2.75 bits per heavy atom. The third kappa shape index (κ3) is 3.46. The Kier molecular flexibility index (Phi) is 3.70. The largest absolute Gasteiger partial charge is 0.250 e. The van der Waals surface area contributed by atoms with E-state index >= 15 is 0 Å². The minimum atomic E-state index is -2.15. The van der Waals surface area contributed by atoms with Crippen molar-refractivity contribution in [1.82, 2.24) is 4.98 Å². The van der Waals surface area contributed by atoms with Crippen LogP contribution in [0.5, 0.6) is 0 Å². The second-order valence-corrected chi connectivity index (χ2v) is 2.74. The molecule has 0 saturated carbocycles. The van der Waals surface area contributed by atoms with Gasteiger partial charge in [-0.05, 0) is 12.8 Å². The summed E-state index contributed by atoms with van der Waals surface area (Å²) in [6, 6.07) is 0. The summed E-state index contributed by atoms with van der Waals surface area (Å²) in [6.07, 6.45) is 4.80. The Morgan fingerprint density at radius 1 is 1.33 bits per heavy atom. The Hall–Kier alpha value is -0.930. The molecule has 0 aliphatic rings. The number of rotatable bonds is 5. The smallest absolute Gasteiger partial charge is 0.241 e. The maximum atomic E-state index is 11.7. The highest BCUT2D eigenvalue weighted by Gasteiger charge is 2.02. The van der Waals surface area contributed by atoms with Crippen LogP contribution in [0.25, 0.3) is 0 Å². The van der Waals surface area contributed by atoms with E-state index in [0.29, 0.717) is 6.42 Å². The number of aryl methyl sites for hydroxylation is 1. The number of nitrogens with zero attached hydrogens (tertiary/aromatic N) is 1. The van der Waals surface area contributed by atoms with E-state index in [1.165, 1.54) is 0 Å². The number of aromatic nitrogens is 2. The van der Waals surface area contributed by atoms with Crippen molar-refractivity contribution in [3.8, 4) is 0 Å². The predicted molar refractivity (Wildman–Crippen MR) is 40.8 cm³/mol. The molecule has 0 saturated heterocycles. The van der Waals surface area contributed by atoms with Crippen molar-refractivity contribution < 1.29 is 13.3 Å². The average molecular weight is 175 g/mol. The van der Waals surface area contributed by atoms with Crippen molar-refractivity contribution in [2.24, 2.45) is 0 Å². The Bertz CT molecular complexity index is 197. The first kappa shape index (κ1) is 9.16. The van der Waals surface area contributed by atoms with Gasteiger partial charge in [-0.3, -0.25) is 4.98 Å². The molecule has 1 N–H and O–H groups in total. The van der Waals surface area contributed by atoms with Gasteiger partial charge in [-0.2, -0.15) is 0 Å². The van der Waals surface area contributed by atoms with E-state index in [-0.39, 0.29) is 6.42 Å². The Balaban J connectivity index is 2.04. The summed E-state index contributed by atoms with van der Waals surface area (Å²) in [7, 11) is 0. The first-order chi connectivity index (χ1) is 5.79. The SMILES string of the molecule is FC(F)CCCC[n+]1cc[nH]c1. The molecule has 0 radical (unpaired) electrons. The van der Waals surface area contributed by atoms with E-state index in [0.717, 1.165) is 13.0 Å². The van der Waals surface area contributed by atoms with Gasteiger partial charge in [0.15, 0.2) is 0 Å². The number of nitrogens with one attached hydrogen (secondary N) is 1. The van der Waals surface area contributed by atoms with Crippen LogP contribution < -0.4 is 4.57 Å². The van der Waals surface area contributed by atoms with Crippen LogP contribution in [0.4, 0.5) is 8.78 Å². The highest BCUT2D eigenvalue weighted by molar-refractivity contribution is 4.55. The molecule has 0 aromatic carbocycles. The van der Waals surface area contributed by atoms with E-state index in [4.69, 9.17) is 0 Å². The quantitative estimate of drug-likeness (QED) is 0.519. The van der Waals surface area contributed by atoms with Gasteiger partial charge < -0.3 is 0 Å². The number of hydrogen-bond donors (Lipinski definition) is 1. The first-order valence-electron chi connectivity index (χ1n) is 4.09. The van der Waals surface area contributed by atoms with Crippen LogP contribution >= 0.6 is 0 Å². The van der Waals surface area contributed by atoms with Crippen molar-refractivity contribution >= 4 is 0 Å². The highest BCUT2D eigenvalue weighted by atomic mass is 19.3.